The lowest BCUT2D eigenvalue weighted by Gasteiger charge is -2.27. The molecule has 3 rings (SSSR count). The van der Waals surface area contributed by atoms with Gasteiger partial charge in [-0.15, -0.1) is 0 Å². The van der Waals surface area contributed by atoms with Gasteiger partial charge in [-0.2, -0.15) is 0 Å². The SMILES string of the molecule is C=C(Nc1c(C=N)ccc(=O)n1C1CCCC1)NC1CCCCC1. The molecule has 1 aromatic rings. The summed E-state index contributed by atoms with van der Waals surface area (Å²) >= 11 is 0. The van der Waals surface area contributed by atoms with Crippen molar-refractivity contribution >= 4 is 12.0 Å². The smallest absolute Gasteiger partial charge is 0.252 e. The van der Waals surface area contributed by atoms with Crippen LogP contribution in [0.2, 0.25) is 0 Å². The van der Waals surface area contributed by atoms with Crippen molar-refractivity contribution in [3.63, 3.8) is 0 Å². The first-order valence-corrected chi connectivity index (χ1v) is 9.17. The summed E-state index contributed by atoms with van der Waals surface area (Å²) in [4.78, 5) is 12.5. The van der Waals surface area contributed by atoms with E-state index in [0.29, 0.717) is 11.9 Å². The molecule has 0 bridgehead atoms. The second-order valence-electron chi connectivity index (χ2n) is 7.01. The molecule has 3 N–H and O–H groups in total. The number of nitrogens with zero attached hydrogens (tertiary/aromatic N) is 1. The average molecular weight is 328 g/mol. The summed E-state index contributed by atoms with van der Waals surface area (Å²) in [6.45, 7) is 4.10. The number of anilines is 1. The van der Waals surface area contributed by atoms with Crippen LogP contribution in [-0.2, 0) is 0 Å². The Bertz CT molecular complexity index is 652. The standard InChI is InChI=1S/C19H28N4O/c1-14(21-16-7-3-2-4-8-16)22-19-15(13-20)11-12-18(24)23(19)17-9-5-6-10-17/h11-13,16-17,20-22H,1-10H2. The highest BCUT2D eigenvalue weighted by Gasteiger charge is 2.22. The van der Waals surface area contributed by atoms with E-state index in [2.05, 4.69) is 17.2 Å². The van der Waals surface area contributed by atoms with Gasteiger partial charge in [0.15, 0.2) is 0 Å². The molecule has 130 valence electrons. The van der Waals surface area contributed by atoms with Crippen molar-refractivity contribution in [2.24, 2.45) is 0 Å². The quantitative estimate of drug-likeness (QED) is 0.696. The van der Waals surface area contributed by atoms with Gasteiger partial charge in [0.25, 0.3) is 5.56 Å². The summed E-state index contributed by atoms with van der Waals surface area (Å²) in [6, 6.07) is 3.97. The zero-order valence-electron chi connectivity index (χ0n) is 14.3. The molecule has 1 aromatic heterocycles. The van der Waals surface area contributed by atoms with E-state index in [1.54, 1.807) is 12.1 Å². The fourth-order valence-electron chi connectivity index (χ4n) is 4.02. The summed E-state index contributed by atoms with van der Waals surface area (Å²) < 4.78 is 1.83. The van der Waals surface area contributed by atoms with Crippen molar-refractivity contribution < 1.29 is 0 Å². The first kappa shape index (κ1) is 16.8. The average Bonchev–Trinajstić information content (AvgIpc) is 3.10. The largest absolute Gasteiger partial charge is 0.369 e. The van der Waals surface area contributed by atoms with Crippen molar-refractivity contribution in [1.29, 1.82) is 5.41 Å². The van der Waals surface area contributed by atoms with Crippen molar-refractivity contribution in [2.75, 3.05) is 5.32 Å². The van der Waals surface area contributed by atoms with Crippen LogP contribution in [0.5, 0.6) is 0 Å². The predicted octanol–water partition coefficient (Wildman–Crippen LogP) is 3.77. The van der Waals surface area contributed by atoms with Gasteiger partial charge < -0.3 is 16.0 Å². The van der Waals surface area contributed by atoms with Crippen LogP contribution in [0.1, 0.15) is 69.4 Å². The molecule has 0 radical (unpaired) electrons. The van der Waals surface area contributed by atoms with E-state index in [1.165, 1.54) is 38.3 Å². The fourth-order valence-corrected chi connectivity index (χ4v) is 4.02. The maximum atomic E-state index is 12.5. The van der Waals surface area contributed by atoms with Crippen molar-refractivity contribution in [3.8, 4) is 0 Å². The summed E-state index contributed by atoms with van der Waals surface area (Å²) in [5, 5.41) is 14.5. The highest BCUT2D eigenvalue weighted by molar-refractivity contribution is 5.84. The fraction of sp³-hybridized carbons (Fsp3) is 0.579. The molecular weight excluding hydrogens is 300 g/mol. The van der Waals surface area contributed by atoms with Gasteiger partial charge in [-0.3, -0.25) is 9.36 Å². The molecule has 5 nitrogen and oxygen atoms in total. The minimum absolute atomic E-state index is 0.000432. The third-order valence-electron chi connectivity index (χ3n) is 5.26. The van der Waals surface area contributed by atoms with Gasteiger partial charge in [0.05, 0.1) is 5.82 Å². The van der Waals surface area contributed by atoms with E-state index in [0.717, 1.165) is 37.1 Å². The first-order valence-electron chi connectivity index (χ1n) is 9.17. The van der Waals surface area contributed by atoms with Gasteiger partial charge in [-0.1, -0.05) is 38.7 Å². The Morgan fingerprint density at radius 2 is 1.79 bits per heavy atom. The summed E-state index contributed by atoms with van der Waals surface area (Å²) in [6.07, 6.45) is 11.8. The van der Waals surface area contributed by atoms with Crippen LogP contribution >= 0.6 is 0 Å². The van der Waals surface area contributed by atoms with E-state index in [9.17, 15) is 4.79 Å². The second-order valence-corrected chi connectivity index (χ2v) is 7.01. The Balaban J connectivity index is 1.82. The highest BCUT2D eigenvalue weighted by Crippen LogP contribution is 2.31. The number of rotatable bonds is 6. The van der Waals surface area contributed by atoms with E-state index in [4.69, 9.17) is 5.41 Å². The number of nitrogens with one attached hydrogen (secondary N) is 3. The van der Waals surface area contributed by atoms with E-state index < -0.39 is 0 Å². The number of hydrogen-bond donors (Lipinski definition) is 3. The molecule has 24 heavy (non-hydrogen) atoms. The summed E-state index contributed by atoms with van der Waals surface area (Å²) in [7, 11) is 0. The van der Waals surface area contributed by atoms with Gasteiger partial charge in [0.2, 0.25) is 0 Å². The molecule has 2 saturated carbocycles. The lowest BCUT2D eigenvalue weighted by Crippen LogP contribution is -2.34. The third-order valence-corrected chi connectivity index (χ3v) is 5.26. The molecule has 2 fully saturated rings. The van der Waals surface area contributed by atoms with Crippen molar-refractivity contribution in [3.05, 3.63) is 40.4 Å². The number of hydrogen-bond acceptors (Lipinski definition) is 4. The Labute approximate surface area is 143 Å². The van der Waals surface area contributed by atoms with E-state index in [-0.39, 0.29) is 11.6 Å². The molecule has 0 aliphatic heterocycles. The maximum absolute atomic E-state index is 12.5. The molecule has 1 heterocycles. The monoisotopic (exact) mass is 328 g/mol. The number of pyridine rings is 1. The Morgan fingerprint density at radius 1 is 1.12 bits per heavy atom. The molecule has 0 spiro atoms. The minimum Gasteiger partial charge on any atom is -0.369 e. The third kappa shape index (κ3) is 3.71. The van der Waals surface area contributed by atoms with Crippen LogP contribution in [0.15, 0.2) is 29.3 Å². The second kappa shape index (κ2) is 7.69. The van der Waals surface area contributed by atoms with E-state index in [1.807, 2.05) is 4.57 Å². The molecule has 5 heteroatoms. The summed E-state index contributed by atoms with van der Waals surface area (Å²) in [5.41, 5.74) is 0.730. The normalized spacial score (nSPS) is 19.2. The molecule has 2 aliphatic rings. The maximum Gasteiger partial charge on any atom is 0.252 e. The molecule has 0 aromatic carbocycles. The number of aromatic nitrogens is 1. The summed E-state index contributed by atoms with van der Waals surface area (Å²) in [5.74, 6) is 1.43. The predicted molar refractivity (Wildman–Crippen MR) is 98.9 cm³/mol. The minimum atomic E-state index is 0.000432. The zero-order valence-corrected chi connectivity index (χ0v) is 14.3. The molecule has 0 saturated heterocycles. The van der Waals surface area contributed by atoms with Crippen LogP contribution < -0.4 is 16.2 Å². The van der Waals surface area contributed by atoms with Crippen LogP contribution in [0.3, 0.4) is 0 Å². The lowest BCUT2D eigenvalue weighted by atomic mass is 9.96. The molecule has 2 aliphatic carbocycles. The lowest BCUT2D eigenvalue weighted by molar-refractivity contribution is 0.397. The highest BCUT2D eigenvalue weighted by atomic mass is 16.1. The van der Waals surface area contributed by atoms with Crippen molar-refractivity contribution in [2.45, 2.75) is 69.9 Å². The molecule has 0 amide bonds. The zero-order chi connectivity index (χ0) is 16.9. The topological polar surface area (TPSA) is 69.9 Å². The van der Waals surface area contributed by atoms with Crippen molar-refractivity contribution in [1.82, 2.24) is 9.88 Å². The van der Waals surface area contributed by atoms with Gasteiger partial charge in [0.1, 0.15) is 5.82 Å². The van der Waals surface area contributed by atoms with E-state index >= 15 is 0 Å². The van der Waals surface area contributed by atoms with Gasteiger partial charge in [-0.05, 0) is 31.7 Å². The van der Waals surface area contributed by atoms with Crippen LogP contribution in [0, 0.1) is 5.41 Å². The Kier molecular flexibility index (Phi) is 5.38. The molecule has 0 unspecified atom stereocenters. The molecular formula is C19H28N4O. The van der Waals surface area contributed by atoms with Crippen LogP contribution in [-0.4, -0.2) is 16.8 Å². The Hall–Kier alpha value is -2.04. The Morgan fingerprint density at radius 3 is 2.46 bits per heavy atom. The first-order chi connectivity index (χ1) is 11.7. The van der Waals surface area contributed by atoms with Gasteiger partial charge in [-0.25, -0.2) is 0 Å². The van der Waals surface area contributed by atoms with Gasteiger partial charge >= 0.3 is 0 Å². The van der Waals surface area contributed by atoms with Crippen LogP contribution in [0.25, 0.3) is 0 Å². The van der Waals surface area contributed by atoms with Gasteiger partial charge in [0, 0.05) is 29.9 Å². The molecule has 0 atom stereocenters. The van der Waals surface area contributed by atoms with Crippen LogP contribution in [0.4, 0.5) is 5.82 Å².